The van der Waals surface area contributed by atoms with Crippen molar-refractivity contribution in [3.8, 4) is 0 Å². The Morgan fingerprint density at radius 1 is 1.08 bits per heavy atom. The van der Waals surface area contributed by atoms with Crippen LogP contribution in [0.2, 0.25) is 10.0 Å². The number of benzene rings is 2. The second kappa shape index (κ2) is 9.72. The van der Waals surface area contributed by atoms with Gasteiger partial charge in [-0.25, -0.2) is 0 Å². The molecule has 25 heavy (non-hydrogen) atoms. The number of halogens is 3. The lowest BCUT2D eigenvalue weighted by molar-refractivity contribution is 0.0990. The van der Waals surface area contributed by atoms with Crippen LogP contribution in [0.4, 0.5) is 0 Å². The average molecular weight is 443 g/mol. The van der Waals surface area contributed by atoms with Gasteiger partial charge in [-0.3, -0.25) is 4.79 Å². The molecule has 0 aliphatic heterocycles. The van der Waals surface area contributed by atoms with Crippen LogP contribution in [0.25, 0.3) is 0 Å². The van der Waals surface area contributed by atoms with Crippen molar-refractivity contribution >= 4 is 44.9 Å². The van der Waals surface area contributed by atoms with Gasteiger partial charge in [0.05, 0.1) is 16.6 Å². The first kappa shape index (κ1) is 20.4. The van der Waals surface area contributed by atoms with E-state index in [1.54, 1.807) is 0 Å². The van der Waals surface area contributed by atoms with Gasteiger partial charge >= 0.3 is 0 Å². The number of nitrogens with one attached hydrogen (secondary N) is 1. The van der Waals surface area contributed by atoms with Gasteiger partial charge in [0.2, 0.25) is 0 Å². The fourth-order valence-corrected chi connectivity index (χ4v) is 3.74. The Morgan fingerprint density at radius 3 is 2.36 bits per heavy atom. The quantitative estimate of drug-likeness (QED) is 0.404. The van der Waals surface area contributed by atoms with Crippen molar-refractivity contribution in [2.45, 2.75) is 26.2 Å². The summed E-state index contributed by atoms with van der Waals surface area (Å²) in [6.07, 6.45) is 0.947. The second-order valence-electron chi connectivity index (χ2n) is 6.28. The smallest absolute Gasteiger partial charge is 0.176 e. The molecule has 2 aromatic rings. The molecule has 1 N–H and O–H groups in total. The highest BCUT2D eigenvalue weighted by atomic mass is 79.9. The summed E-state index contributed by atoms with van der Waals surface area (Å²) >= 11 is 15.6. The van der Waals surface area contributed by atoms with E-state index < -0.39 is 0 Å². The van der Waals surface area contributed by atoms with Gasteiger partial charge in [0, 0.05) is 17.4 Å². The fraction of sp³-hybridized carbons (Fsp3) is 0.350. The van der Waals surface area contributed by atoms with Crippen molar-refractivity contribution in [1.29, 1.82) is 0 Å². The van der Waals surface area contributed by atoms with Crippen molar-refractivity contribution in [3.05, 3.63) is 68.7 Å². The Balaban J connectivity index is 1.99. The maximum Gasteiger partial charge on any atom is 0.176 e. The molecule has 0 heterocycles. The molecule has 134 valence electrons. The molecule has 2 rings (SSSR count). The van der Waals surface area contributed by atoms with Crippen LogP contribution in [0.1, 0.15) is 39.4 Å². The molecule has 0 aliphatic rings. The first-order valence-electron chi connectivity index (χ1n) is 8.24. The van der Waals surface area contributed by atoms with Crippen molar-refractivity contribution in [3.63, 3.8) is 0 Å². The van der Waals surface area contributed by atoms with E-state index in [9.17, 15) is 4.79 Å². The molecule has 2 nitrogen and oxygen atoms in total. The zero-order valence-corrected chi connectivity index (χ0v) is 17.5. The Bertz CT molecular complexity index is 728. The number of hydrogen-bond acceptors (Lipinski definition) is 2. The molecule has 0 saturated heterocycles. The largest absolute Gasteiger partial charge is 0.309 e. The van der Waals surface area contributed by atoms with Gasteiger partial charge in [-0.2, -0.15) is 0 Å². The van der Waals surface area contributed by atoms with Crippen LogP contribution in [0.3, 0.4) is 0 Å². The molecule has 0 radical (unpaired) electrons. The topological polar surface area (TPSA) is 29.1 Å². The number of rotatable bonds is 8. The standard InChI is InChI=1S/C20H22BrCl2NO/c1-13-7-14(2)9-17(8-13)20(25)12-24-11-16(5-6-21)15-3-4-18(22)19(23)10-15/h3-4,7-10,16,24H,5-6,11-12H2,1-2H3/t16-/m1/s1. The summed E-state index contributed by atoms with van der Waals surface area (Å²) in [5.74, 6) is 0.375. The predicted molar refractivity (Wildman–Crippen MR) is 111 cm³/mol. The Kier molecular flexibility index (Phi) is 7.95. The van der Waals surface area contributed by atoms with Crippen LogP contribution < -0.4 is 5.32 Å². The molecular formula is C20H22BrCl2NO. The molecule has 0 spiro atoms. The number of aryl methyl sites for hydroxylation is 2. The highest BCUT2D eigenvalue weighted by Gasteiger charge is 2.14. The Morgan fingerprint density at radius 2 is 1.76 bits per heavy atom. The zero-order chi connectivity index (χ0) is 18.4. The van der Waals surface area contributed by atoms with E-state index in [2.05, 4.69) is 27.3 Å². The van der Waals surface area contributed by atoms with E-state index in [4.69, 9.17) is 23.2 Å². The molecule has 1 atom stereocenters. The van der Waals surface area contributed by atoms with E-state index in [0.29, 0.717) is 23.1 Å². The van der Waals surface area contributed by atoms with E-state index in [0.717, 1.165) is 34.0 Å². The van der Waals surface area contributed by atoms with E-state index in [1.165, 1.54) is 0 Å². The fourth-order valence-electron chi connectivity index (χ4n) is 2.88. The first-order chi connectivity index (χ1) is 11.9. The van der Waals surface area contributed by atoms with Gasteiger partial charge in [-0.15, -0.1) is 0 Å². The Labute approximate surface area is 168 Å². The van der Waals surface area contributed by atoms with Gasteiger partial charge in [0.15, 0.2) is 5.78 Å². The van der Waals surface area contributed by atoms with Gasteiger partial charge in [0.25, 0.3) is 0 Å². The van der Waals surface area contributed by atoms with Gasteiger partial charge in [0.1, 0.15) is 0 Å². The van der Waals surface area contributed by atoms with Gasteiger partial charge in [-0.1, -0.05) is 62.4 Å². The summed E-state index contributed by atoms with van der Waals surface area (Å²) in [4.78, 5) is 12.4. The van der Waals surface area contributed by atoms with Crippen LogP contribution >= 0.6 is 39.1 Å². The highest BCUT2D eigenvalue weighted by molar-refractivity contribution is 9.09. The molecule has 0 unspecified atom stereocenters. The molecule has 5 heteroatoms. The van der Waals surface area contributed by atoms with Crippen LogP contribution in [0.5, 0.6) is 0 Å². The van der Waals surface area contributed by atoms with Crippen molar-refractivity contribution in [1.82, 2.24) is 5.32 Å². The summed E-state index contributed by atoms with van der Waals surface area (Å²) < 4.78 is 0. The number of carbonyl (C=O) groups is 1. The molecule has 0 bridgehead atoms. The minimum Gasteiger partial charge on any atom is -0.309 e. The van der Waals surface area contributed by atoms with Gasteiger partial charge < -0.3 is 5.32 Å². The maximum absolute atomic E-state index is 12.4. The lowest BCUT2D eigenvalue weighted by atomic mass is 9.96. The lowest BCUT2D eigenvalue weighted by Crippen LogP contribution is -2.28. The molecule has 0 saturated carbocycles. The molecular weight excluding hydrogens is 421 g/mol. The molecule has 0 aliphatic carbocycles. The average Bonchev–Trinajstić information content (AvgIpc) is 2.55. The van der Waals surface area contributed by atoms with Crippen molar-refractivity contribution < 1.29 is 4.79 Å². The summed E-state index contributed by atoms with van der Waals surface area (Å²) in [7, 11) is 0. The summed E-state index contributed by atoms with van der Waals surface area (Å²) in [5, 5.41) is 5.29. The highest BCUT2D eigenvalue weighted by Crippen LogP contribution is 2.28. The Hall–Kier alpha value is -0.870. The third kappa shape index (κ3) is 6.10. The van der Waals surface area contributed by atoms with E-state index >= 15 is 0 Å². The van der Waals surface area contributed by atoms with Crippen LogP contribution in [-0.4, -0.2) is 24.2 Å². The number of carbonyl (C=O) groups excluding carboxylic acids is 1. The molecule has 0 fully saturated rings. The van der Waals surface area contributed by atoms with E-state index in [1.807, 2.05) is 44.2 Å². The number of hydrogen-bond donors (Lipinski definition) is 1. The van der Waals surface area contributed by atoms with Crippen LogP contribution in [0, 0.1) is 13.8 Å². The minimum absolute atomic E-state index is 0.110. The SMILES string of the molecule is Cc1cc(C)cc(C(=O)CNC[C@@H](CCBr)c2ccc(Cl)c(Cl)c2)c1. The monoisotopic (exact) mass is 441 g/mol. The molecule has 0 aromatic heterocycles. The normalized spacial score (nSPS) is 12.2. The third-order valence-electron chi connectivity index (χ3n) is 4.09. The molecule has 2 aromatic carbocycles. The number of Topliss-reactive ketones (excluding diaryl/α,β-unsaturated/α-hetero) is 1. The second-order valence-corrected chi connectivity index (χ2v) is 7.89. The van der Waals surface area contributed by atoms with Crippen LogP contribution in [-0.2, 0) is 0 Å². The first-order valence-corrected chi connectivity index (χ1v) is 10.1. The minimum atomic E-state index is 0.110. The van der Waals surface area contributed by atoms with E-state index in [-0.39, 0.29) is 11.7 Å². The predicted octanol–water partition coefficient (Wildman–Crippen LogP) is 5.95. The third-order valence-corrected chi connectivity index (χ3v) is 5.29. The summed E-state index contributed by atoms with van der Waals surface area (Å²) in [6, 6.07) is 11.7. The maximum atomic E-state index is 12.4. The van der Waals surface area contributed by atoms with Crippen LogP contribution in [0.15, 0.2) is 36.4 Å². The van der Waals surface area contributed by atoms with Gasteiger partial charge in [-0.05, 0) is 56.0 Å². The number of ketones is 1. The summed E-state index contributed by atoms with van der Waals surface area (Å²) in [5.41, 5.74) is 4.10. The number of alkyl halides is 1. The zero-order valence-electron chi connectivity index (χ0n) is 14.4. The molecule has 0 amide bonds. The summed E-state index contributed by atoms with van der Waals surface area (Å²) in [6.45, 7) is 5.05. The lowest BCUT2D eigenvalue weighted by Gasteiger charge is -2.18. The van der Waals surface area contributed by atoms with Crippen molar-refractivity contribution in [2.24, 2.45) is 0 Å². The van der Waals surface area contributed by atoms with Crippen molar-refractivity contribution in [2.75, 3.05) is 18.4 Å².